The van der Waals surface area contributed by atoms with Gasteiger partial charge in [-0.05, 0) is 25.0 Å². The molecule has 2 atom stereocenters. The Morgan fingerprint density at radius 3 is 2.35 bits per heavy atom. The second kappa shape index (κ2) is 6.19. The van der Waals surface area contributed by atoms with E-state index in [0.29, 0.717) is 6.42 Å². The van der Waals surface area contributed by atoms with Crippen LogP contribution in [0, 0.1) is 10.1 Å². The molecule has 1 aromatic carbocycles. The Labute approximate surface area is 125 Å². The van der Waals surface area contributed by atoms with Gasteiger partial charge in [-0.15, -0.1) is 0 Å². The molecule has 0 heterocycles. The molecule has 6 nitrogen and oxygen atoms in total. The number of non-ortho nitro benzene ring substituents is 1. The van der Waals surface area contributed by atoms with Gasteiger partial charge in [-0.25, -0.2) is 0 Å². The molecule has 0 amide bonds. The molecule has 0 N–H and O–H groups in total. The van der Waals surface area contributed by atoms with E-state index in [4.69, 9.17) is 4.18 Å². The summed E-state index contributed by atoms with van der Waals surface area (Å²) in [7, 11) is -3.89. The molecular weight excluding hydrogens is 350 g/mol. The molecule has 0 radical (unpaired) electrons. The van der Waals surface area contributed by atoms with Crippen molar-refractivity contribution < 1.29 is 17.5 Å². The van der Waals surface area contributed by atoms with E-state index in [9.17, 15) is 18.5 Å². The van der Waals surface area contributed by atoms with Gasteiger partial charge in [-0.3, -0.25) is 14.3 Å². The van der Waals surface area contributed by atoms with Gasteiger partial charge in [-0.1, -0.05) is 28.8 Å². The summed E-state index contributed by atoms with van der Waals surface area (Å²) in [5, 5.41) is 10.5. The molecule has 1 aliphatic carbocycles. The second-order valence-electron chi connectivity index (χ2n) is 4.64. The van der Waals surface area contributed by atoms with E-state index < -0.39 is 15.0 Å². The number of hydrogen-bond acceptors (Lipinski definition) is 5. The lowest BCUT2D eigenvalue weighted by atomic mass is 9.98. The van der Waals surface area contributed by atoms with Crippen LogP contribution in [0.2, 0.25) is 0 Å². The van der Waals surface area contributed by atoms with Crippen molar-refractivity contribution in [3.63, 3.8) is 0 Å². The monoisotopic (exact) mass is 363 g/mol. The van der Waals surface area contributed by atoms with Gasteiger partial charge in [0.05, 0.1) is 15.9 Å². The highest BCUT2D eigenvalue weighted by molar-refractivity contribution is 9.09. The minimum absolute atomic E-state index is 0.0177. The van der Waals surface area contributed by atoms with Gasteiger partial charge in [0.15, 0.2) is 0 Å². The summed E-state index contributed by atoms with van der Waals surface area (Å²) in [5.74, 6) is 0. The van der Waals surface area contributed by atoms with Gasteiger partial charge in [-0.2, -0.15) is 8.42 Å². The lowest BCUT2D eigenvalue weighted by molar-refractivity contribution is -0.384. The highest BCUT2D eigenvalue weighted by Crippen LogP contribution is 2.29. The number of rotatable bonds is 4. The largest absolute Gasteiger partial charge is 0.297 e. The molecule has 2 rings (SSSR count). The van der Waals surface area contributed by atoms with Gasteiger partial charge < -0.3 is 0 Å². The standard InChI is InChI=1S/C12H14BrNO5S/c13-11-3-1-2-4-12(11)19-20(17,18)10-7-5-9(6-8-10)14(15)16/h5-8,11-12H,1-4H2/t11-,12-/m0/s1. The first-order valence-electron chi connectivity index (χ1n) is 6.22. The van der Waals surface area contributed by atoms with Crippen molar-refractivity contribution >= 4 is 31.7 Å². The number of benzene rings is 1. The minimum atomic E-state index is -3.89. The van der Waals surface area contributed by atoms with Gasteiger partial charge in [0.1, 0.15) is 0 Å². The Hall–Kier alpha value is -0.990. The molecule has 0 aliphatic heterocycles. The van der Waals surface area contributed by atoms with Crippen LogP contribution in [0.1, 0.15) is 25.7 Å². The van der Waals surface area contributed by atoms with Crippen molar-refractivity contribution in [3.05, 3.63) is 34.4 Å². The Morgan fingerprint density at radius 1 is 1.20 bits per heavy atom. The van der Waals surface area contributed by atoms with Crippen molar-refractivity contribution in [2.75, 3.05) is 0 Å². The number of alkyl halides is 1. The summed E-state index contributed by atoms with van der Waals surface area (Å²) in [6.07, 6.45) is 3.15. The fourth-order valence-electron chi connectivity index (χ4n) is 2.11. The molecule has 1 aliphatic rings. The van der Waals surface area contributed by atoms with Crippen LogP contribution in [0.25, 0.3) is 0 Å². The van der Waals surface area contributed by atoms with Crippen LogP contribution in [0.15, 0.2) is 29.2 Å². The predicted octanol–water partition coefficient (Wildman–Crippen LogP) is 3.01. The average Bonchev–Trinajstić information content (AvgIpc) is 2.41. The SMILES string of the molecule is O=[N+]([O-])c1ccc(S(=O)(=O)O[C@H]2CCCC[C@@H]2Br)cc1. The Morgan fingerprint density at radius 2 is 1.80 bits per heavy atom. The Kier molecular flexibility index (Phi) is 4.77. The molecule has 0 unspecified atom stereocenters. The number of hydrogen-bond donors (Lipinski definition) is 0. The third-order valence-electron chi connectivity index (χ3n) is 3.21. The number of nitro benzene ring substituents is 1. The van der Waals surface area contributed by atoms with Crippen molar-refractivity contribution in [1.82, 2.24) is 0 Å². The van der Waals surface area contributed by atoms with Crippen LogP contribution in [0.4, 0.5) is 5.69 Å². The van der Waals surface area contributed by atoms with Crippen LogP contribution in [-0.4, -0.2) is 24.3 Å². The highest BCUT2D eigenvalue weighted by atomic mass is 79.9. The average molecular weight is 364 g/mol. The third kappa shape index (κ3) is 3.56. The lowest BCUT2D eigenvalue weighted by Crippen LogP contribution is -2.30. The zero-order valence-corrected chi connectivity index (χ0v) is 13.0. The van der Waals surface area contributed by atoms with Gasteiger partial charge in [0.25, 0.3) is 15.8 Å². The summed E-state index contributed by atoms with van der Waals surface area (Å²) in [5.41, 5.74) is -0.153. The van der Waals surface area contributed by atoms with E-state index in [1.165, 1.54) is 12.1 Å². The first-order chi connectivity index (χ1) is 9.40. The lowest BCUT2D eigenvalue weighted by Gasteiger charge is -2.26. The highest BCUT2D eigenvalue weighted by Gasteiger charge is 2.29. The fraction of sp³-hybridized carbons (Fsp3) is 0.500. The predicted molar refractivity (Wildman–Crippen MR) is 76.3 cm³/mol. The normalized spacial score (nSPS) is 23.4. The molecule has 110 valence electrons. The van der Waals surface area contributed by atoms with Gasteiger partial charge in [0.2, 0.25) is 0 Å². The molecule has 1 fully saturated rings. The topological polar surface area (TPSA) is 86.5 Å². The van der Waals surface area contributed by atoms with Crippen molar-refractivity contribution in [1.29, 1.82) is 0 Å². The van der Waals surface area contributed by atoms with E-state index >= 15 is 0 Å². The minimum Gasteiger partial charge on any atom is -0.262 e. The van der Waals surface area contributed by atoms with Crippen LogP contribution >= 0.6 is 15.9 Å². The third-order valence-corrected chi connectivity index (χ3v) is 5.61. The molecule has 20 heavy (non-hydrogen) atoms. The summed E-state index contributed by atoms with van der Waals surface area (Å²) in [4.78, 5) is 9.92. The molecule has 0 spiro atoms. The van der Waals surface area contributed by atoms with Gasteiger partial charge in [0, 0.05) is 17.0 Å². The number of halogens is 1. The fourth-order valence-corrected chi connectivity index (χ4v) is 4.09. The van der Waals surface area contributed by atoms with Gasteiger partial charge >= 0.3 is 0 Å². The van der Waals surface area contributed by atoms with Crippen LogP contribution in [0.5, 0.6) is 0 Å². The van der Waals surface area contributed by atoms with E-state index in [1.54, 1.807) is 0 Å². The molecule has 1 saturated carbocycles. The smallest absolute Gasteiger partial charge is 0.262 e. The van der Waals surface area contributed by atoms with E-state index in [1.807, 2.05) is 0 Å². The quantitative estimate of drug-likeness (QED) is 0.355. The maximum Gasteiger partial charge on any atom is 0.297 e. The number of nitrogens with zero attached hydrogens (tertiary/aromatic N) is 1. The van der Waals surface area contributed by atoms with E-state index in [0.717, 1.165) is 31.4 Å². The maximum absolute atomic E-state index is 12.1. The van der Waals surface area contributed by atoms with Crippen LogP contribution in [0.3, 0.4) is 0 Å². The van der Waals surface area contributed by atoms with Crippen molar-refractivity contribution in [3.8, 4) is 0 Å². The first kappa shape index (κ1) is 15.4. The van der Waals surface area contributed by atoms with Crippen molar-refractivity contribution in [2.24, 2.45) is 0 Å². The first-order valence-corrected chi connectivity index (χ1v) is 8.54. The summed E-state index contributed by atoms with van der Waals surface area (Å²) in [6.45, 7) is 0. The molecule has 0 aromatic heterocycles. The van der Waals surface area contributed by atoms with E-state index in [-0.39, 0.29) is 21.5 Å². The van der Waals surface area contributed by atoms with Crippen LogP contribution in [-0.2, 0) is 14.3 Å². The summed E-state index contributed by atoms with van der Waals surface area (Å²) < 4.78 is 29.5. The maximum atomic E-state index is 12.1. The zero-order chi connectivity index (χ0) is 14.8. The summed E-state index contributed by atoms with van der Waals surface area (Å²) in [6, 6.07) is 4.70. The second-order valence-corrected chi connectivity index (χ2v) is 7.39. The molecule has 0 bridgehead atoms. The Bertz CT molecular complexity index is 586. The molecular formula is C12H14BrNO5S. The molecule has 8 heteroatoms. The van der Waals surface area contributed by atoms with E-state index in [2.05, 4.69) is 15.9 Å². The summed E-state index contributed by atoms with van der Waals surface area (Å²) >= 11 is 3.43. The zero-order valence-electron chi connectivity index (χ0n) is 10.6. The molecule has 1 aromatic rings. The molecule has 0 saturated heterocycles. The Balaban J connectivity index is 2.15. The number of nitro groups is 1. The van der Waals surface area contributed by atoms with Crippen LogP contribution < -0.4 is 0 Å². The van der Waals surface area contributed by atoms with Crippen molar-refractivity contribution in [2.45, 2.75) is 41.5 Å².